The van der Waals surface area contributed by atoms with Crippen molar-refractivity contribution >= 4 is 5.82 Å². The minimum Gasteiger partial charge on any atom is -0.354 e. The summed E-state index contributed by atoms with van der Waals surface area (Å²) in [6, 6.07) is 2.05. The van der Waals surface area contributed by atoms with Crippen molar-refractivity contribution in [3.63, 3.8) is 0 Å². The summed E-state index contributed by atoms with van der Waals surface area (Å²) in [5, 5.41) is 0. The first kappa shape index (κ1) is 12.5. The van der Waals surface area contributed by atoms with Crippen LogP contribution in [-0.4, -0.2) is 27.0 Å². The van der Waals surface area contributed by atoms with Crippen LogP contribution in [0.25, 0.3) is 0 Å². The van der Waals surface area contributed by atoms with E-state index in [0.717, 1.165) is 42.4 Å². The van der Waals surface area contributed by atoms with Gasteiger partial charge in [0.15, 0.2) is 0 Å². The second-order valence-electron chi connectivity index (χ2n) is 4.27. The third-order valence-corrected chi connectivity index (χ3v) is 2.84. The van der Waals surface area contributed by atoms with Crippen LogP contribution in [0.4, 0.5) is 5.82 Å². The molecule has 0 aliphatic carbocycles. The number of aromatic amines is 1. The minimum atomic E-state index is 0.767. The van der Waals surface area contributed by atoms with Crippen LogP contribution < -0.4 is 4.90 Å². The number of nitrogens with zero attached hydrogens (tertiary/aromatic N) is 4. The van der Waals surface area contributed by atoms with E-state index in [1.807, 2.05) is 13.2 Å². The van der Waals surface area contributed by atoms with Crippen molar-refractivity contribution in [3.8, 4) is 0 Å². The molecule has 2 heterocycles. The molecule has 0 saturated carbocycles. The third-order valence-electron chi connectivity index (χ3n) is 2.84. The molecule has 0 aliphatic heterocycles. The number of hydrogen-bond donors (Lipinski definition) is 1. The lowest BCUT2D eigenvalue weighted by molar-refractivity contribution is 0.826. The lowest BCUT2D eigenvalue weighted by Crippen LogP contribution is -2.19. The van der Waals surface area contributed by atoms with Crippen LogP contribution in [0.2, 0.25) is 0 Å². The fourth-order valence-corrected chi connectivity index (χ4v) is 1.78. The molecule has 0 bridgehead atoms. The van der Waals surface area contributed by atoms with Gasteiger partial charge in [-0.1, -0.05) is 13.8 Å². The number of anilines is 1. The molecule has 0 amide bonds. The Bertz CT molecular complexity index is 470. The highest BCUT2D eigenvalue weighted by molar-refractivity contribution is 5.39. The Labute approximate surface area is 107 Å². The van der Waals surface area contributed by atoms with Crippen LogP contribution in [0.15, 0.2) is 18.6 Å². The molecule has 96 valence electrons. The summed E-state index contributed by atoms with van der Waals surface area (Å²) in [5.41, 5.74) is 2.17. The van der Waals surface area contributed by atoms with Crippen molar-refractivity contribution in [2.24, 2.45) is 0 Å². The fraction of sp³-hybridized carbons (Fsp3) is 0.462. The molecule has 0 atom stereocenters. The van der Waals surface area contributed by atoms with Crippen LogP contribution in [0, 0.1) is 0 Å². The zero-order chi connectivity index (χ0) is 13.0. The van der Waals surface area contributed by atoms with Crippen molar-refractivity contribution in [1.29, 1.82) is 0 Å². The lowest BCUT2D eigenvalue weighted by atomic mass is 10.3. The molecule has 0 radical (unpaired) electrons. The number of aromatic nitrogens is 4. The summed E-state index contributed by atoms with van der Waals surface area (Å²) in [4.78, 5) is 18.3. The van der Waals surface area contributed by atoms with Crippen molar-refractivity contribution in [1.82, 2.24) is 19.9 Å². The summed E-state index contributed by atoms with van der Waals surface area (Å²) in [6.07, 6.45) is 5.32. The fourth-order valence-electron chi connectivity index (χ4n) is 1.78. The number of nitrogens with one attached hydrogen (secondary N) is 1. The quantitative estimate of drug-likeness (QED) is 0.875. The van der Waals surface area contributed by atoms with Crippen molar-refractivity contribution in [2.75, 3.05) is 11.9 Å². The molecule has 5 nitrogen and oxygen atoms in total. The molecule has 2 rings (SSSR count). The summed E-state index contributed by atoms with van der Waals surface area (Å²) in [6.45, 7) is 4.96. The van der Waals surface area contributed by atoms with E-state index in [1.165, 1.54) is 0 Å². The second-order valence-corrected chi connectivity index (χ2v) is 4.27. The van der Waals surface area contributed by atoms with Crippen molar-refractivity contribution in [2.45, 2.75) is 33.2 Å². The van der Waals surface area contributed by atoms with E-state index >= 15 is 0 Å². The molecule has 5 heteroatoms. The molecule has 0 fully saturated rings. The Hall–Kier alpha value is -1.91. The average Bonchev–Trinajstić information content (AvgIpc) is 2.90. The monoisotopic (exact) mass is 245 g/mol. The molecule has 0 aromatic carbocycles. The Balaban J connectivity index is 2.20. The number of imidazole rings is 1. The summed E-state index contributed by atoms with van der Waals surface area (Å²) in [5.74, 6) is 1.87. The third kappa shape index (κ3) is 2.85. The zero-order valence-corrected chi connectivity index (χ0v) is 11.1. The molecule has 18 heavy (non-hydrogen) atoms. The van der Waals surface area contributed by atoms with Gasteiger partial charge < -0.3 is 9.88 Å². The Kier molecular flexibility index (Phi) is 3.92. The van der Waals surface area contributed by atoms with Gasteiger partial charge in [-0.3, -0.25) is 0 Å². The van der Waals surface area contributed by atoms with Gasteiger partial charge in [-0.2, -0.15) is 0 Å². The van der Waals surface area contributed by atoms with E-state index < -0.39 is 0 Å². The topological polar surface area (TPSA) is 57.7 Å². The molecule has 0 unspecified atom stereocenters. The van der Waals surface area contributed by atoms with Crippen LogP contribution in [0.5, 0.6) is 0 Å². The SMILES string of the molecule is CCc1cc(N(C)Cc2cnc[nH]2)nc(CC)n1. The van der Waals surface area contributed by atoms with Crippen molar-refractivity contribution in [3.05, 3.63) is 35.8 Å². The predicted molar refractivity (Wildman–Crippen MR) is 71.5 cm³/mol. The first-order chi connectivity index (χ1) is 8.72. The van der Waals surface area contributed by atoms with Gasteiger partial charge >= 0.3 is 0 Å². The number of hydrogen-bond acceptors (Lipinski definition) is 4. The molecule has 1 N–H and O–H groups in total. The van der Waals surface area contributed by atoms with E-state index in [-0.39, 0.29) is 0 Å². The van der Waals surface area contributed by atoms with Gasteiger partial charge in [0, 0.05) is 31.4 Å². The average molecular weight is 245 g/mol. The highest BCUT2D eigenvalue weighted by Gasteiger charge is 2.08. The van der Waals surface area contributed by atoms with E-state index in [1.54, 1.807) is 6.33 Å². The Morgan fingerprint density at radius 2 is 2.06 bits per heavy atom. The van der Waals surface area contributed by atoms with Gasteiger partial charge in [-0.25, -0.2) is 15.0 Å². The summed E-state index contributed by atoms with van der Waals surface area (Å²) in [7, 11) is 2.03. The van der Waals surface area contributed by atoms with Crippen LogP contribution >= 0.6 is 0 Å². The Morgan fingerprint density at radius 3 is 2.67 bits per heavy atom. The molecule has 0 aliphatic rings. The largest absolute Gasteiger partial charge is 0.354 e. The molecule has 0 saturated heterocycles. The van der Waals surface area contributed by atoms with Gasteiger partial charge in [-0.05, 0) is 6.42 Å². The second kappa shape index (κ2) is 5.62. The molecular weight excluding hydrogens is 226 g/mol. The van der Waals surface area contributed by atoms with Crippen molar-refractivity contribution < 1.29 is 0 Å². The predicted octanol–water partition coefficient (Wildman–Crippen LogP) is 1.96. The standard InChI is InChI=1S/C13H19N5/c1-4-10-6-13(17-12(5-2)16-10)18(3)8-11-7-14-9-15-11/h6-7,9H,4-5,8H2,1-3H3,(H,14,15). The van der Waals surface area contributed by atoms with Gasteiger partial charge in [0.1, 0.15) is 11.6 Å². The van der Waals surface area contributed by atoms with E-state index in [2.05, 4.69) is 44.7 Å². The normalized spacial score (nSPS) is 10.6. The highest BCUT2D eigenvalue weighted by atomic mass is 15.2. The number of rotatable bonds is 5. The maximum absolute atomic E-state index is 4.56. The van der Waals surface area contributed by atoms with Gasteiger partial charge in [0.05, 0.1) is 18.6 Å². The number of H-pyrrole nitrogens is 1. The summed E-state index contributed by atoms with van der Waals surface area (Å²) >= 11 is 0. The number of aryl methyl sites for hydroxylation is 2. The first-order valence-corrected chi connectivity index (χ1v) is 6.28. The highest BCUT2D eigenvalue weighted by Crippen LogP contribution is 2.14. The minimum absolute atomic E-state index is 0.767. The maximum atomic E-state index is 4.56. The molecular formula is C13H19N5. The van der Waals surface area contributed by atoms with E-state index in [0.29, 0.717) is 0 Å². The van der Waals surface area contributed by atoms with E-state index in [9.17, 15) is 0 Å². The van der Waals surface area contributed by atoms with Crippen LogP contribution in [-0.2, 0) is 19.4 Å². The van der Waals surface area contributed by atoms with Gasteiger partial charge in [0.2, 0.25) is 0 Å². The maximum Gasteiger partial charge on any atom is 0.132 e. The van der Waals surface area contributed by atoms with Crippen LogP contribution in [0.3, 0.4) is 0 Å². The van der Waals surface area contributed by atoms with Gasteiger partial charge in [0.25, 0.3) is 0 Å². The zero-order valence-electron chi connectivity index (χ0n) is 11.1. The molecule has 0 spiro atoms. The van der Waals surface area contributed by atoms with E-state index in [4.69, 9.17) is 0 Å². The summed E-state index contributed by atoms with van der Waals surface area (Å²) < 4.78 is 0. The first-order valence-electron chi connectivity index (χ1n) is 6.28. The molecule has 2 aromatic rings. The Morgan fingerprint density at radius 1 is 1.22 bits per heavy atom. The van der Waals surface area contributed by atoms with Crippen LogP contribution in [0.1, 0.15) is 31.1 Å². The molecule has 2 aromatic heterocycles. The lowest BCUT2D eigenvalue weighted by Gasteiger charge is -2.18. The van der Waals surface area contributed by atoms with Gasteiger partial charge in [-0.15, -0.1) is 0 Å². The smallest absolute Gasteiger partial charge is 0.132 e.